The van der Waals surface area contributed by atoms with Crippen molar-refractivity contribution in [3.63, 3.8) is 0 Å². The highest BCUT2D eigenvalue weighted by Crippen LogP contribution is 2.44. The summed E-state index contributed by atoms with van der Waals surface area (Å²) in [7, 11) is 0. The topological polar surface area (TPSA) is 93.3 Å². The van der Waals surface area contributed by atoms with Gasteiger partial charge in [0.1, 0.15) is 11.2 Å². The number of alkyl halides is 4. The number of amidine groups is 1. The van der Waals surface area contributed by atoms with E-state index < -0.39 is 18.4 Å². The number of hydrogen-bond donors (Lipinski definition) is 2. The van der Waals surface area contributed by atoms with Crippen molar-refractivity contribution in [3.8, 4) is 0 Å². The zero-order valence-corrected chi connectivity index (χ0v) is 16.7. The molecule has 1 aliphatic rings. The Morgan fingerprint density at radius 3 is 2.50 bits per heavy atom. The SMILES string of the molecule is Cc1cnc(C(F)F)cn1.NC1=N[C@@](c2cc(NC=O)ccc2Cl)(C(F)F)CCC1. The highest BCUT2D eigenvalue weighted by Gasteiger charge is 2.44. The molecular formula is C19H20ClF4N5O. The molecule has 0 saturated carbocycles. The van der Waals surface area contributed by atoms with E-state index in [1.54, 1.807) is 6.92 Å². The monoisotopic (exact) mass is 445 g/mol. The second kappa shape index (κ2) is 10.3. The zero-order valence-electron chi connectivity index (χ0n) is 16.0. The minimum Gasteiger partial charge on any atom is -0.387 e. The Hall–Kier alpha value is -2.75. The molecule has 1 aromatic carbocycles. The van der Waals surface area contributed by atoms with E-state index in [2.05, 4.69) is 20.3 Å². The number of aliphatic imine (C=N–C) groups is 1. The first-order valence-electron chi connectivity index (χ1n) is 8.89. The first-order chi connectivity index (χ1) is 14.2. The van der Waals surface area contributed by atoms with E-state index in [4.69, 9.17) is 17.3 Å². The maximum atomic E-state index is 13.6. The molecule has 162 valence electrons. The number of carbonyl (C=O) groups is 1. The lowest BCUT2D eigenvalue weighted by molar-refractivity contribution is -0.105. The predicted octanol–water partition coefficient (Wildman–Crippen LogP) is 4.63. The normalized spacial score (nSPS) is 18.5. The van der Waals surface area contributed by atoms with Gasteiger partial charge >= 0.3 is 0 Å². The van der Waals surface area contributed by atoms with Gasteiger partial charge in [0.25, 0.3) is 12.9 Å². The number of anilines is 1. The molecule has 11 heteroatoms. The number of carbonyl (C=O) groups excluding carboxylic acids is 1. The van der Waals surface area contributed by atoms with E-state index in [0.29, 0.717) is 30.6 Å². The lowest BCUT2D eigenvalue weighted by atomic mass is 9.83. The van der Waals surface area contributed by atoms with E-state index in [1.807, 2.05) is 0 Å². The molecular weight excluding hydrogens is 426 g/mol. The molecule has 0 radical (unpaired) electrons. The maximum Gasteiger partial charge on any atom is 0.281 e. The molecule has 0 aliphatic carbocycles. The van der Waals surface area contributed by atoms with Crippen molar-refractivity contribution in [1.82, 2.24) is 9.97 Å². The Kier molecular flexibility index (Phi) is 8.10. The second-order valence-corrected chi connectivity index (χ2v) is 6.93. The second-order valence-electron chi connectivity index (χ2n) is 6.52. The van der Waals surface area contributed by atoms with Crippen molar-refractivity contribution < 1.29 is 22.4 Å². The first kappa shape index (κ1) is 23.5. The molecule has 2 heterocycles. The Labute approximate surface area is 175 Å². The molecule has 1 aliphatic heterocycles. The van der Waals surface area contributed by atoms with Gasteiger partial charge in [-0.15, -0.1) is 0 Å². The van der Waals surface area contributed by atoms with Gasteiger partial charge in [0.05, 0.1) is 17.7 Å². The van der Waals surface area contributed by atoms with Crippen LogP contribution < -0.4 is 11.1 Å². The van der Waals surface area contributed by atoms with Gasteiger partial charge in [-0.25, -0.2) is 17.6 Å². The third-order valence-corrected chi connectivity index (χ3v) is 4.71. The summed E-state index contributed by atoms with van der Waals surface area (Å²) >= 11 is 6.05. The van der Waals surface area contributed by atoms with Crippen molar-refractivity contribution in [2.24, 2.45) is 10.7 Å². The summed E-state index contributed by atoms with van der Waals surface area (Å²) in [6.07, 6.45) is -1.20. The van der Waals surface area contributed by atoms with Gasteiger partial charge in [0.15, 0.2) is 0 Å². The molecule has 3 N–H and O–H groups in total. The molecule has 30 heavy (non-hydrogen) atoms. The van der Waals surface area contributed by atoms with Gasteiger partial charge in [-0.05, 0) is 38.0 Å². The standard InChI is InChI=1S/C13H14ClF2N3O.C6H6F2N2/c14-10-4-3-8(18-7-20)6-9(10)13(12(15)16)5-1-2-11(17)19-13;1-4-2-10-5(3-9-4)6(7)8/h3-4,6-7,12H,1-2,5H2,(H2,17,19)(H,18,20);2-3,6H,1H3/t13-;/m0./s1. The van der Waals surface area contributed by atoms with E-state index in [-0.39, 0.29) is 28.5 Å². The smallest absolute Gasteiger partial charge is 0.281 e. The molecule has 0 spiro atoms. The number of benzene rings is 1. The van der Waals surface area contributed by atoms with Crippen LogP contribution in [0.1, 0.15) is 42.6 Å². The van der Waals surface area contributed by atoms with E-state index in [1.165, 1.54) is 24.4 Å². The van der Waals surface area contributed by atoms with Crippen LogP contribution in [0.4, 0.5) is 23.2 Å². The highest BCUT2D eigenvalue weighted by molar-refractivity contribution is 6.31. The van der Waals surface area contributed by atoms with Gasteiger partial charge < -0.3 is 11.1 Å². The molecule has 0 bridgehead atoms. The molecule has 0 fully saturated rings. The summed E-state index contributed by atoms with van der Waals surface area (Å²) < 4.78 is 50.8. The maximum absolute atomic E-state index is 13.6. The molecule has 3 rings (SSSR count). The number of halogens is 5. The molecule has 1 atom stereocenters. The van der Waals surface area contributed by atoms with Crippen molar-refractivity contribution in [1.29, 1.82) is 0 Å². The fourth-order valence-corrected chi connectivity index (χ4v) is 3.19. The van der Waals surface area contributed by atoms with Crippen LogP contribution in [0, 0.1) is 6.92 Å². The summed E-state index contributed by atoms with van der Waals surface area (Å²) in [5.74, 6) is 0.196. The van der Waals surface area contributed by atoms with Crippen LogP contribution in [0.15, 0.2) is 35.6 Å². The third kappa shape index (κ3) is 5.65. The van der Waals surface area contributed by atoms with E-state index in [0.717, 1.165) is 6.20 Å². The lowest BCUT2D eigenvalue weighted by Crippen LogP contribution is -2.38. The molecule has 0 saturated heterocycles. The van der Waals surface area contributed by atoms with Gasteiger partial charge in [-0.1, -0.05) is 11.6 Å². The summed E-state index contributed by atoms with van der Waals surface area (Å²) in [6, 6.07) is 4.42. The van der Waals surface area contributed by atoms with Gasteiger partial charge in [-0.3, -0.25) is 19.8 Å². The highest BCUT2D eigenvalue weighted by atomic mass is 35.5. The number of nitrogens with one attached hydrogen (secondary N) is 1. The summed E-state index contributed by atoms with van der Waals surface area (Å²) in [4.78, 5) is 21.6. The number of nitrogens with two attached hydrogens (primary N) is 1. The van der Waals surface area contributed by atoms with Crippen LogP contribution in [0.25, 0.3) is 0 Å². The molecule has 6 nitrogen and oxygen atoms in total. The van der Waals surface area contributed by atoms with Crippen molar-refractivity contribution in [3.05, 3.63) is 52.6 Å². The molecule has 1 aromatic heterocycles. The lowest BCUT2D eigenvalue weighted by Gasteiger charge is -2.34. The predicted molar refractivity (Wildman–Crippen MR) is 106 cm³/mol. The van der Waals surface area contributed by atoms with Crippen LogP contribution in [-0.2, 0) is 10.3 Å². The van der Waals surface area contributed by atoms with Crippen LogP contribution in [0.3, 0.4) is 0 Å². The summed E-state index contributed by atoms with van der Waals surface area (Å²) in [5.41, 5.74) is 4.84. The van der Waals surface area contributed by atoms with Crippen molar-refractivity contribution >= 4 is 29.5 Å². The van der Waals surface area contributed by atoms with E-state index >= 15 is 0 Å². The minimum absolute atomic E-state index is 0.162. The number of aryl methyl sites for hydroxylation is 1. The Balaban J connectivity index is 0.000000269. The van der Waals surface area contributed by atoms with Crippen LogP contribution in [-0.4, -0.2) is 28.6 Å². The zero-order chi connectivity index (χ0) is 22.3. The largest absolute Gasteiger partial charge is 0.387 e. The molecule has 1 amide bonds. The van der Waals surface area contributed by atoms with Crippen LogP contribution in [0.2, 0.25) is 5.02 Å². The first-order valence-corrected chi connectivity index (χ1v) is 9.26. The average Bonchev–Trinajstić information content (AvgIpc) is 2.70. The quantitative estimate of drug-likeness (QED) is 0.518. The van der Waals surface area contributed by atoms with Crippen LogP contribution >= 0.6 is 11.6 Å². The third-order valence-electron chi connectivity index (χ3n) is 4.38. The van der Waals surface area contributed by atoms with Gasteiger partial charge in [-0.2, -0.15) is 0 Å². The number of hydrogen-bond acceptors (Lipinski definition) is 5. The number of nitrogens with zero attached hydrogens (tertiary/aromatic N) is 3. The average molecular weight is 446 g/mol. The number of rotatable bonds is 5. The van der Waals surface area contributed by atoms with Crippen molar-refractivity contribution in [2.75, 3.05) is 5.32 Å². The molecule has 2 aromatic rings. The Morgan fingerprint density at radius 1 is 1.23 bits per heavy atom. The van der Waals surface area contributed by atoms with Gasteiger partial charge in [0.2, 0.25) is 6.41 Å². The van der Waals surface area contributed by atoms with Gasteiger partial charge in [0, 0.05) is 28.9 Å². The fraction of sp³-hybridized carbons (Fsp3) is 0.368. The molecule has 0 unspecified atom stereocenters. The summed E-state index contributed by atoms with van der Waals surface area (Å²) in [5, 5.41) is 2.60. The number of aromatic nitrogens is 2. The number of amides is 1. The fourth-order valence-electron chi connectivity index (χ4n) is 2.91. The summed E-state index contributed by atoms with van der Waals surface area (Å²) in [6.45, 7) is 1.70. The minimum atomic E-state index is -2.73. The Morgan fingerprint density at radius 2 is 1.97 bits per heavy atom. The van der Waals surface area contributed by atoms with E-state index in [9.17, 15) is 22.4 Å². The van der Waals surface area contributed by atoms with Crippen LogP contribution in [0.5, 0.6) is 0 Å². The Bertz CT molecular complexity index is 895. The van der Waals surface area contributed by atoms with Crippen molar-refractivity contribution in [2.45, 2.75) is 44.6 Å².